The van der Waals surface area contributed by atoms with Gasteiger partial charge in [0.2, 0.25) is 0 Å². The third kappa shape index (κ3) is 2.67. The molecule has 20 heavy (non-hydrogen) atoms. The minimum absolute atomic E-state index is 0.689. The zero-order chi connectivity index (χ0) is 14.1. The number of aromatic nitrogens is 2. The van der Waals surface area contributed by atoms with Crippen molar-refractivity contribution < 1.29 is 0 Å². The third-order valence-electron chi connectivity index (χ3n) is 3.80. The van der Waals surface area contributed by atoms with Crippen molar-refractivity contribution >= 4 is 15.9 Å². The standard InChI is InChI=1S/C16H20BrN3/c1-3-18-9-13-10-19-20(16(13)12-4-5-12)15-7-6-14(17)8-11(15)2/h6-8,10,12,18H,3-5,9H2,1-2H3. The molecule has 0 radical (unpaired) electrons. The van der Waals surface area contributed by atoms with Crippen LogP contribution in [0.1, 0.15) is 42.5 Å². The van der Waals surface area contributed by atoms with Gasteiger partial charge in [0.1, 0.15) is 0 Å². The fourth-order valence-corrected chi connectivity index (χ4v) is 3.10. The van der Waals surface area contributed by atoms with Gasteiger partial charge in [-0.25, -0.2) is 4.68 Å². The SMILES string of the molecule is CCNCc1cnn(-c2ccc(Br)cc2C)c1C1CC1. The highest BCUT2D eigenvalue weighted by molar-refractivity contribution is 9.10. The van der Waals surface area contributed by atoms with Crippen LogP contribution in [0.15, 0.2) is 28.9 Å². The second-order valence-electron chi connectivity index (χ2n) is 5.45. The lowest BCUT2D eigenvalue weighted by Crippen LogP contribution is -2.13. The number of hydrogen-bond acceptors (Lipinski definition) is 2. The molecule has 1 fully saturated rings. The van der Waals surface area contributed by atoms with Gasteiger partial charge in [-0.1, -0.05) is 22.9 Å². The average molecular weight is 334 g/mol. The number of nitrogens with zero attached hydrogens (tertiary/aromatic N) is 2. The number of benzene rings is 1. The van der Waals surface area contributed by atoms with Crippen LogP contribution in [0.4, 0.5) is 0 Å². The summed E-state index contributed by atoms with van der Waals surface area (Å²) in [7, 11) is 0. The van der Waals surface area contributed by atoms with Crippen LogP contribution < -0.4 is 5.32 Å². The van der Waals surface area contributed by atoms with Gasteiger partial charge < -0.3 is 5.32 Å². The number of aryl methyl sites for hydroxylation is 1. The lowest BCUT2D eigenvalue weighted by Gasteiger charge is -2.12. The van der Waals surface area contributed by atoms with Crippen molar-refractivity contribution in [3.63, 3.8) is 0 Å². The molecule has 1 saturated carbocycles. The van der Waals surface area contributed by atoms with Gasteiger partial charge in [0.15, 0.2) is 0 Å². The second kappa shape index (κ2) is 5.70. The van der Waals surface area contributed by atoms with E-state index in [1.807, 2.05) is 6.20 Å². The van der Waals surface area contributed by atoms with E-state index in [9.17, 15) is 0 Å². The summed E-state index contributed by atoms with van der Waals surface area (Å²) in [6.45, 7) is 6.19. The van der Waals surface area contributed by atoms with Crippen molar-refractivity contribution in [2.24, 2.45) is 0 Å². The van der Waals surface area contributed by atoms with Gasteiger partial charge >= 0.3 is 0 Å². The van der Waals surface area contributed by atoms with Gasteiger partial charge in [-0.3, -0.25) is 0 Å². The van der Waals surface area contributed by atoms with Gasteiger partial charge in [0.25, 0.3) is 0 Å². The Hall–Kier alpha value is -1.13. The van der Waals surface area contributed by atoms with Crippen LogP contribution in [0.25, 0.3) is 5.69 Å². The molecule has 0 aliphatic heterocycles. The molecule has 0 atom stereocenters. The summed E-state index contributed by atoms with van der Waals surface area (Å²) in [5.74, 6) is 0.689. The largest absolute Gasteiger partial charge is 0.313 e. The molecule has 0 bridgehead atoms. The third-order valence-corrected chi connectivity index (χ3v) is 4.30. The highest BCUT2D eigenvalue weighted by Crippen LogP contribution is 2.42. The van der Waals surface area contributed by atoms with Gasteiger partial charge in [0.05, 0.1) is 17.6 Å². The Balaban J connectivity index is 2.02. The molecule has 1 heterocycles. The molecule has 1 aliphatic carbocycles. The molecule has 2 aromatic rings. The van der Waals surface area contributed by atoms with E-state index in [-0.39, 0.29) is 0 Å². The Morgan fingerprint density at radius 2 is 2.20 bits per heavy atom. The molecule has 3 rings (SSSR count). The van der Waals surface area contributed by atoms with Crippen LogP contribution in [0.2, 0.25) is 0 Å². The highest BCUT2D eigenvalue weighted by atomic mass is 79.9. The van der Waals surface area contributed by atoms with Gasteiger partial charge in [-0.2, -0.15) is 5.10 Å². The molecule has 1 aromatic carbocycles. The van der Waals surface area contributed by atoms with Crippen molar-refractivity contribution in [1.82, 2.24) is 15.1 Å². The van der Waals surface area contributed by atoms with E-state index >= 15 is 0 Å². The lowest BCUT2D eigenvalue weighted by molar-refractivity contribution is 0.714. The van der Waals surface area contributed by atoms with Crippen LogP contribution in [-0.4, -0.2) is 16.3 Å². The number of nitrogens with one attached hydrogen (secondary N) is 1. The molecule has 1 aromatic heterocycles. The van der Waals surface area contributed by atoms with E-state index in [0.717, 1.165) is 17.6 Å². The van der Waals surface area contributed by atoms with Crippen molar-refractivity contribution in [2.75, 3.05) is 6.54 Å². The summed E-state index contributed by atoms with van der Waals surface area (Å²) in [5, 5.41) is 8.07. The Kier molecular flexibility index (Phi) is 3.94. The molecule has 0 amide bonds. The van der Waals surface area contributed by atoms with Gasteiger partial charge in [0, 0.05) is 22.5 Å². The smallest absolute Gasteiger partial charge is 0.0678 e. The molecule has 1 N–H and O–H groups in total. The van der Waals surface area contributed by atoms with Crippen LogP contribution in [0.3, 0.4) is 0 Å². The normalized spacial score (nSPS) is 14.8. The van der Waals surface area contributed by atoms with Gasteiger partial charge in [-0.15, -0.1) is 0 Å². The van der Waals surface area contributed by atoms with E-state index in [0.29, 0.717) is 5.92 Å². The molecular weight excluding hydrogens is 314 g/mol. The maximum absolute atomic E-state index is 4.65. The van der Waals surface area contributed by atoms with Crippen molar-refractivity contribution in [1.29, 1.82) is 0 Å². The maximum atomic E-state index is 4.65. The minimum Gasteiger partial charge on any atom is -0.313 e. The van der Waals surface area contributed by atoms with Crippen LogP contribution in [-0.2, 0) is 6.54 Å². The summed E-state index contributed by atoms with van der Waals surface area (Å²) < 4.78 is 3.26. The number of halogens is 1. The maximum Gasteiger partial charge on any atom is 0.0678 e. The number of hydrogen-bond donors (Lipinski definition) is 1. The Morgan fingerprint density at radius 3 is 2.85 bits per heavy atom. The molecule has 3 nitrogen and oxygen atoms in total. The summed E-state index contributed by atoms with van der Waals surface area (Å²) >= 11 is 3.53. The average Bonchev–Trinajstić information content (AvgIpc) is 3.17. The first-order valence-electron chi connectivity index (χ1n) is 7.24. The molecule has 4 heteroatoms. The van der Waals surface area contributed by atoms with Crippen molar-refractivity contribution in [3.05, 3.63) is 45.7 Å². The Bertz CT molecular complexity index is 614. The first-order valence-corrected chi connectivity index (χ1v) is 8.04. The lowest BCUT2D eigenvalue weighted by atomic mass is 10.1. The van der Waals surface area contributed by atoms with Crippen molar-refractivity contribution in [2.45, 2.75) is 39.2 Å². The molecule has 0 spiro atoms. The zero-order valence-corrected chi connectivity index (χ0v) is 13.6. The predicted molar refractivity (Wildman–Crippen MR) is 85.4 cm³/mol. The predicted octanol–water partition coefficient (Wildman–Crippen LogP) is 3.93. The first-order chi connectivity index (χ1) is 9.70. The minimum atomic E-state index is 0.689. The monoisotopic (exact) mass is 333 g/mol. The van der Waals surface area contributed by atoms with Crippen molar-refractivity contribution in [3.8, 4) is 5.69 Å². The summed E-state index contributed by atoms with van der Waals surface area (Å²) in [4.78, 5) is 0. The molecular formula is C16H20BrN3. The highest BCUT2D eigenvalue weighted by Gasteiger charge is 2.30. The molecule has 0 unspecified atom stereocenters. The van der Waals surface area contributed by atoms with Crippen LogP contribution >= 0.6 is 15.9 Å². The fraction of sp³-hybridized carbons (Fsp3) is 0.438. The second-order valence-corrected chi connectivity index (χ2v) is 6.37. The quantitative estimate of drug-likeness (QED) is 0.898. The number of rotatable bonds is 5. The first kappa shape index (κ1) is 13.8. The Morgan fingerprint density at radius 1 is 1.40 bits per heavy atom. The van der Waals surface area contributed by atoms with E-state index in [2.05, 4.69) is 63.1 Å². The topological polar surface area (TPSA) is 29.9 Å². The van der Waals surface area contributed by atoms with Crippen LogP contribution in [0, 0.1) is 6.92 Å². The summed E-state index contributed by atoms with van der Waals surface area (Å²) in [6, 6.07) is 6.39. The molecule has 1 aliphatic rings. The van der Waals surface area contributed by atoms with E-state index in [4.69, 9.17) is 0 Å². The molecule has 106 valence electrons. The Labute approximate surface area is 128 Å². The fourth-order valence-electron chi connectivity index (χ4n) is 2.63. The van der Waals surface area contributed by atoms with Gasteiger partial charge in [-0.05, 0) is 50.1 Å². The van der Waals surface area contributed by atoms with E-state index in [1.165, 1.54) is 35.3 Å². The van der Waals surface area contributed by atoms with E-state index in [1.54, 1.807) is 0 Å². The zero-order valence-electron chi connectivity index (χ0n) is 12.0. The molecule has 0 saturated heterocycles. The summed E-state index contributed by atoms with van der Waals surface area (Å²) in [6.07, 6.45) is 4.61. The summed E-state index contributed by atoms with van der Waals surface area (Å²) in [5.41, 5.74) is 5.19. The van der Waals surface area contributed by atoms with Crippen LogP contribution in [0.5, 0.6) is 0 Å². The van der Waals surface area contributed by atoms with E-state index < -0.39 is 0 Å².